The zero-order chi connectivity index (χ0) is 23.5. The molecule has 33 heavy (non-hydrogen) atoms. The molecule has 1 aliphatic heterocycles. The Bertz CT molecular complexity index is 1110. The first-order chi connectivity index (χ1) is 15.8. The number of nitrogens with one attached hydrogen (secondary N) is 1. The summed E-state index contributed by atoms with van der Waals surface area (Å²) in [5.74, 6) is -0.169. The molecule has 0 aliphatic carbocycles. The Morgan fingerprint density at radius 3 is 2.27 bits per heavy atom. The fourth-order valence-electron chi connectivity index (χ4n) is 4.22. The van der Waals surface area contributed by atoms with E-state index in [4.69, 9.17) is 5.21 Å². The zero-order valence-electron chi connectivity index (χ0n) is 19.2. The molecule has 3 aromatic rings. The van der Waals surface area contributed by atoms with Crippen LogP contribution < -0.4 is 15.4 Å². The average Bonchev–Trinajstić information content (AvgIpc) is 3.30. The monoisotopic (exact) mass is 445 g/mol. The summed E-state index contributed by atoms with van der Waals surface area (Å²) in [4.78, 5) is 17.3. The number of carbonyl (C=O) groups excluding carboxylic acids is 1. The Kier molecular flexibility index (Phi) is 6.65. The summed E-state index contributed by atoms with van der Waals surface area (Å²) in [7, 11) is 4.24. The van der Waals surface area contributed by atoms with Crippen molar-refractivity contribution >= 4 is 23.0 Å². The second-order valence-electron chi connectivity index (χ2n) is 8.70. The lowest BCUT2D eigenvalue weighted by Gasteiger charge is -2.24. The first kappa shape index (κ1) is 22.8. The third-order valence-corrected chi connectivity index (χ3v) is 6.27. The van der Waals surface area contributed by atoms with Gasteiger partial charge in [0.25, 0.3) is 5.91 Å². The lowest BCUT2D eigenvalue weighted by molar-refractivity contribution is 0.102. The number of likely N-dealkylation sites (N-methyl/N-ethyl adjacent to an activating group) is 1. The van der Waals surface area contributed by atoms with Gasteiger partial charge in [0.05, 0.1) is 5.69 Å². The van der Waals surface area contributed by atoms with E-state index in [1.807, 2.05) is 30.3 Å². The molecule has 0 radical (unpaired) electrons. The van der Waals surface area contributed by atoms with Crippen LogP contribution in [0.5, 0.6) is 0 Å². The molecule has 1 fully saturated rings. The number of benzene rings is 3. The minimum absolute atomic E-state index is 0.134. The number of anilines is 3. The van der Waals surface area contributed by atoms with Crippen molar-refractivity contribution in [3.63, 3.8) is 0 Å². The number of carbonyl (C=O) groups is 1. The number of rotatable bonds is 6. The number of hydrogen-bond donors (Lipinski definition) is 2. The van der Waals surface area contributed by atoms with Gasteiger partial charge in [0, 0.05) is 36.1 Å². The van der Waals surface area contributed by atoms with Gasteiger partial charge in [-0.25, -0.2) is 0 Å². The summed E-state index contributed by atoms with van der Waals surface area (Å²) in [5, 5.41) is 23.1. The molecular weight excluding hydrogens is 416 g/mol. The van der Waals surface area contributed by atoms with Crippen LogP contribution in [-0.2, 0) is 0 Å². The van der Waals surface area contributed by atoms with Gasteiger partial charge in [0.15, 0.2) is 0 Å². The SMILES string of the molecule is Cc1cc(-c2ccc(C(=O)Nc3ccc(N4CCC(N(C)C)C4)cc3)cc2)ccc1N([O-])O. The lowest BCUT2D eigenvalue weighted by Crippen LogP contribution is -2.31. The van der Waals surface area contributed by atoms with Crippen molar-refractivity contribution in [2.24, 2.45) is 0 Å². The summed E-state index contributed by atoms with van der Waals surface area (Å²) < 4.78 is 0. The maximum atomic E-state index is 12.7. The molecule has 1 saturated heterocycles. The van der Waals surface area contributed by atoms with Crippen molar-refractivity contribution in [3.8, 4) is 11.1 Å². The first-order valence-corrected chi connectivity index (χ1v) is 11.0. The maximum Gasteiger partial charge on any atom is 0.255 e. The van der Waals surface area contributed by atoms with Crippen LogP contribution in [0, 0.1) is 12.1 Å². The van der Waals surface area contributed by atoms with Crippen LogP contribution >= 0.6 is 0 Å². The molecule has 3 aromatic carbocycles. The third-order valence-electron chi connectivity index (χ3n) is 6.27. The molecule has 0 saturated carbocycles. The van der Waals surface area contributed by atoms with E-state index >= 15 is 0 Å². The second-order valence-corrected chi connectivity index (χ2v) is 8.70. The van der Waals surface area contributed by atoms with Crippen molar-refractivity contribution in [2.75, 3.05) is 42.6 Å². The van der Waals surface area contributed by atoms with Crippen LogP contribution in [0.25, 0.3) is 11.1 Å². The summed E-state index contributed by atoms with van der Waals surface area (Å²) in [6.45, 7) is 3.82. The molecule has 0 bridgehead atoms. The molecule has 7 heteroatoms. The van der Waals surface area contributed by atoms with E-state index in [1.54, 1.807) is 31.2 Å². The zero-order valence-corrected chi connectivity index (χ0v) is 19.2. The quantitative estimate of drug-likeness (QED) is 0.533. The highest BCUT2D eigenvalue weighted by atomic mass is 16.8. The van der Waals surface area contributed by atoms with Crippen LogP contribution in [0.3, 0.4) is 0 Å². The van der Waals surface area contributed by atoms with Crippen molar-refractivity contribution in [1.29, 1.82) is 0 Å². The molecular formula is C26H29N4O3-. The van der Waals surface area contributed by atoms with E-state index in [0.717, 1.165) is 36.3 Å². The summed E-state index contributed by atoms with van der Waals surface area (Å²) in [6, 6.07) is 21.0. The van der Waals surface area contributed by atoms with Gasteiger partial charge in [-0.15, -0.1) is 0 Å². The van der Waals surface area contributed by atoms with Crippen LogP contribution in [-0.4, -0.2) is 49.2 Å². The normalized spacial score (nSPS) is 15.7. The molecule has 172 valence electrons. The van der Waals surface area contributed by atoms with Gasteiger partial charge in [0.1, 0.15) is 0 Å². The molecule has 4 rings (SSSR count). The van der Waals surface area contributed by atoms with Gasteiger partial charge < -0.3 is 25.6 Å². The lowest BCUT2D eigenvalue weighted by atomic mass is 10.0. The average molecular weight is 446 g/mol. The van der Waals surface area contributed by atoms with E-state index in [0.29, 0.717) is 17.2 Å². The fourth-order valence-corrected chi connectivity index (χ4v) is 4.22. The fraction of sp³-hybridized carbons (Fsp3) is 0.269. The number of hydrogen-bond acceptors (Lipinski definition) is 6. The van der Waals surface area contributed by atoms with Gasteiger partial charge in [-0.05, 0) is 92.7 Å². The molecule has 1 unspecified atom stereocenters. The van der Waals surface area contributed by atoms with Crippen LogP contribution in [0.15, 0.2) is 66.7 Å². The standard InChI is InChI=1S/C26H29N4O3/c1-18-16-21(8-13-25(18)30(32)33)19-4-6-20(7-5-19)26(31)27-22-9-11-23(12-10-22)29-15-14-24(17-29)28(2)3/h4-13,16,24,32H,14-15,17H2,1-3H3,(H,27,31)/q-1. The molecule has 2 N–H and O–H groups in total. The molecule has 1 aliphatic rings. The van der Waals surface area contributed by atoms with Crippen molar-refractivity contribution in [1.82, 2.24) is 4.90 Å². The van der Waals surface area contributed by atoms with Gasteiger partial charge in [0.2, 0.25) is 0 Å². The van der Waals surface area contributed by atoms with Crippen LogP contribution in [0.4, 0.5) is 17.1 Å². The van der Waals surface area contributed by atoms with Crippen molar-refractivity contribution in [2.45, 2.75) is 19.4 Å². The molecule has 0 aromatic heterocycles. The Hall–Kier alpha value is -3.39. The number of aryl methyl sites for hydroxylation is 1. The number of nitrogens with zero attached hydrogens (tertiary/aromatic N) is 3. The van der Waals surface area contributed by atoms with E-state index in [1.165, 1.54) is 5.69 Å². The minimum Gasteiger partial charge on any atom is -0.733 e. The highest BCUT2D eigenvalue weighted by Crippen LogP contribution is 2.27. The number of amides is 1. The van der Waals surface area contributed by atoms with Gasteiger partial charge in [-0.3, -0.25) is 10.0 Å². The highest BCUT2D eigenvalue weighted by molar-refractivity contribution is 6.04. The molecule has 1 atom stereocenters. The molecule has 1 amide bonds. The molecule has 7 nitrogen and oxygen atoms in total. The minimum atomic E-state index is -0.169. The molecule has 0 spiro atoms. The van der Waals surface area contributed by atoms with E-state index in [-0.39, 0.29) is 16.8 Å². The summed E-state index contributed by atoms with van der Waals surface area (Å²) in [6.07, 6.45) is 1.16. The Morgan fingerprint density at radius 1 is 1.03 bits per heavy atom. The van der Waals surface area contributed by atoms with Gasteiger partial charge in [-0.1, -0.05) is 18.2 Å². The van der Waals surface area contributed by atoms with Gasteiger partial charge >= 0.3 is 0 Å². The van der Waals surface area contributed by atoms with E-state index in [2.05, 4.69) is 41.3 Å². The predicted octanol–water partition coefficient (Wildman–Crippen LogP) is 4.75. The first-order valence-electron chi connectivity index (χ1n) is 11.0. The Balaban J connectivity index is 1.39. The van der Waals surface area contributed by atoms with E-state index in [9.17, 15) is 10.0 Å². The largest absolute Gasteiger partial charge is 0.733 e. The Morgan fingerprint density at radius 2 is 1.70 bits per heavy atom. The highest BCUT2D eigenvalue weighted by Gasteiger charge is 2.24. The third kappa shape index (κ3) is 5.17. The summed E-state index contributed by atoms with van der Waals surface area (Å²) >= 11 is 0. The van der Waals surface area contributed by atoms with Gasteiger partial charge in [-0.2, -0.15) is 0 Å². The second kappa shape index (κ2) is 9.62. The summed E-state index contributed by atoms with van der Waals surface area (Å²) in [5.41, 5.74) is 5.19. The molecule has 1 heterocycles. The maximum absolute atomic E-state index is 12.7. The van der Waals surface area contributed by atoms with E-state index < -0.39 is 0 Å². The predicted molar refractivity (Wildman–Crippen MR) is 133 cm³/mol. The van der Waals surface area contributed by atoms with Crippen molar-refractivity contribution < 1.29 is 10.0 Å². The smallest absolute Gasteiger partial charge is 0.255 e. The van der Waals surface area contributed by atoms with Crippen molar-refractivity contribution in [3.05, 3.63) is 83.1 Å². The Labute approximate surface area is 194 Å². The van der Waals surface area contributed by atoms with Crippen LogP contribution in [0.1, 0.15) is 22.3 Å². The van der Waals surface area contributed by atoms with Crippen LogP contribution in [0.2, 0.25) is 0 Å². The topological polar surface area (TPSA) is 82.1 Å².